The van der Waals surface area contributed by atoms with Crippen molar-refractivity contribution in [2.45, 2.75) is 20.4 Å². The Bertz CT molecular complexity index is 474. The van der Waals surface area contributed by atoms with E-state index < -0.39 is 0 Å². The highest BCUT2D eigenvalue weighted by atomic mass is 32.1. The van der Waals surface area contributed by atoms with Gasteiger partial charge in [0.2, 0.25) is 5.91 Å². The van der Waals surface area contributed by atoms with Crippen LogP contribution in [0.3, 0.4) is 0 Å². The Hall–Kier alpha value is -1.46. The summed E-state index contributed by atoms with van der Waals surface area (Å²) in [6.45, 7) is 5.85. The van der Waals surface area contributed by atoms with Gasteiger partial charge in [-0.3, -0.25) is 9.69 Å². The lowest BCUT2D eigenvalue weighted by atomic mass is 10.1. The van der Waals surface area contributed by atoms with E-state index in [9.17, 15) is 4.79 Å². The second-order valence-electron chi connectivity index (χ2n) is 5.39. The standard InChI is InChI=1S/C15H23N3OS/c1-11(2)8-17-14(19)10-18(3)9-12-6-4-5-7-13(12)15(16)20/h4-7,11H,8-10H2,1-3H3,(H2,16,20)(H,17,19). The summed E-state index contributed by atoms with van der Waals surface area (Å²) in [5, 5.41) is 2.91. The molecule has 0 radical (unpaired) electrons. The zero-order valence-corrected chi connectivity index (χ0v) is 13.2. The van der Waals surface area contributed by atoms with Crippen LogP contribution in [-0.2, 0) is 11.3 Å². The highest BCUT2D eigenvalue weighted by Gasteiger charge is 2.10. The summed E-state index contributed by atoms with van der Waals surface area (Å²) in [5.41, 5.74) is 7.62. The van der Waals surface area contributed by atoms with Crippen LogP contribution >= 0.6 is 12.2 Å². The van der Waals surface area contributed by atoms with Gasteiger partial charge in [-0.1, -0.05) is 50.3 Å². The number of hydrogen-bond acceptors (Lipinski definition) is 3. The van der Waals surface area contributed by atoms with E-state index in [0.717, 1.165) is 11.1 Å². The molecule has 0 heterocycles. The molecule has 0 aliphatic heterocycles. The van der Waals surface area contributed by atoms with Crippen LogP contribution in [0.15, 0.2) is 24.3 Å². The molecule has 5 heteroatoms. The Morgan fingerprint density at radius 3 is 2.65 bits per heavy atom. The number of nitrogens with zero attached hydrogens (tertiary/aromatic N) is 1. The van der Waals surface area contributed by atoms with Gasteiger partial charge in [-0.25, -0.2) is 0 Å². The maximum atomic E-state index is 11.8. The quantitative estimate of drug-likeness (QED) is 0.749. The zero-order valence-electron chi connectivity index (χ0n) is 12.3. The summed E-state index contributed by atoms with van der Waals surface area (Å²) in [5.74, 6) is 0.494. The van der Waals surface area contributed by atoms with Gasteiger partial charge in [0.1, 0.15) is 4.99 Å². The van der Waals surface area contributed by atoms with Crippen LogP contribution in [0.4, 0.5) is 0 Å². The number of thiocarbonyl (C=S) groups is 1. The van der Waals surface area contributed by atoms with Gasteiger partial charge >= 0.3 is 0 Å². The summed E-state index contributed by atoms with van der Waals surface area (Å²) in [4.78, 5) is 14.1. The van der Waals surface area contributed by atoms with E-state index in [2.05, 4.69) is 19.2 Å². The molecule has 110 valence electrons. The van der Waals surface area contributed by atoms with Crippen LogP contribution in [0.25, 0.3) is 0 Å². The van der Waals surface area contributed by atoms with E-state index >= 15 is 0 Å². The molecule has 1 amide bonds. The number of carbonyl (C=O) groups is 1. The van der Waals surface area contributed by atoms with E-state index in [4.69, 9.17) is 18.0 Å². The number of nitrogens with one attached hydrogen (secondary N) is 1. The fraction of sp³-hybridized carbons (Fsp3) is 0.467. The highest BCUT2D eigenvalue weighted by Crippen LogP contribution is 2.10. The Kier molecular flexibility index (Phi) is 6.61. The lowest BCUT2D eigenvalue weighted by Gasteiger charge is -2.18. The molecule has 0 fully saturated rings. The Balaban J connectivity index is 2.56. The maximum absolute atomic E-state index is 11.8. The summed E-state index contributed by atoms with van der Waals surface area (Å²) in [6, 6.07) is 7.75. The Labute approximate surface area is 126 Å². The molecule has 3 N–H and O–H groups in total. The molecule has 0 atom stereocenters. The van der Waals surface area contributed by atoms with E-state index in [-0.39, 0.29) is 5.91 Å². The molecule has 1 aromatic rings. The van der Waals surface area contributed by atoms with E-state index in [1.54, 1.807) is 0 Å². The summed E-state index contributed by atoms with van der Waals surface area (Å²) in [7, 11) is 1.91. The number of rotatable bonds is 7. The molecule has 0 saturated carbocycles. The van der Waals surface area contributed by atoms with Gasteiger partial charge in [0.15, 0.2) is 0 Å². The van der Waals surface area contributed by atoms with Crippen molar-refractivity contribution in [2.24, 2.45) is 11.7 Å². The fourth-order valence-electron chi connectivity index (χ4n) is 1.86. The first-order valence-corrected chi connectivity index (χ1v) is 7.14. The molecule has 1 aromatic carbocycles. The molecule has 20 heavy (non-hydrogen) atoms. The second-order valence-corrected chi connectivity index (χ2v) is 5.83. The van der Waals surface area contributed by atoms with Crippen molar-refractivity contribution >= 4 is 23.1 Å². The third-order valence-electron chi connectivity index (χ3n) is 2.84. The van der Waals surface area contributed by atoms with Gasteiger partial charge < -0.3 is 11.1 Å². The van der Waals surface area contributed by atoms with Gasteiger partial charge in [0, 0.05) is 18.7 Å². The van der Waals surface area contributed by atoms with Crippen LogP contribution in [0.2, 0.25) is 0 Å². The normalized spacial score (nSPS) is 10.8. The molecule has 0 saturated heterocycles. The molecule has 0 aromatic heterocycles. The van der Waals surface area contributed by atoms with Gasteiger partial charge in [0.25, 0.3) is 0 Å². The molecule has 4 nitrogen and oxygen atoms in total. The molecular formula is C15H23N3OS. The lowest BCUT2D eigenvalue weighted by molar-refractivity contribution is -0.122. The van der Waals surface area contributed by atoms with Crippen molar-refractivity contribution in [2.75, 3.05) is 20.1 Å². The van der Waals surface area contributed by atoms with Crippen LogP contribution in [0.5, 0.6) is 0 Å². The van der Waals surface area contributed by atoms with E-state index in [0.29, 0.717) is 30.5 Å². The van der Waals surface area contributed by atoms with Gasteiger partial charge in [-0.05, 0) is 18.5 Å². The predicted octanol–water partition coefficient (Wildman–Crippen LogP) is 1.52. The number of amides is 1. The first-order chi connectivity index (χ1) is 9.40. The number of hydrogen-bond donors (Lipinski definition) is 2. The van der Waals surface area contributed by atoms with Crippen molar-refractivity contribution in [3.63, 3.8) is 0 Å². The number of likely N-dealkylation sites (N-methyl/N-ethyl adjacent to an activating group) is 1. The van der Waals surface area contributed by atoms with Crippen molar-refractivity contribution in [3.8, 4) is 0 Å². The average molecular weight is 293 g/mol. The predicted molar refractivity (Wildman–Crippen MR) is 86.5 cm³/mol. The molecule has 0 aliphatic carbocycles. The summed E-state index contributed by atoms with van der Waals surface area (Å²) < 4.78 is 0. The van der Waals surface area contributed by atoms with E-state index in [1.165, 1.54) is 0 Å². The number of benzene rings is 1. The van der Waals surface area contributed by atoms with Crippen molar-refractivity contribution in [1.82, 2.24) is 10.2 Å². The fourth-order valence-corrected chi connectivity index (χ4v) is 2.06. The highest BCUT2D eigenvalue weighted by molar-refractivity contribution is 7.80. The van der Waals surface area contributed by atoms with Crippen molar-refractivity contribution in [3.05, 3.63) is 35.4 Å². The average Bonchev–Trinajstić information content (AvgIpc) is 2.36. The van der Waals surface area contributed by atoms with Crippen LogP contribution < -0.4 is 11.1 Å². The molecule has 0 spiro atoms. The summed E-state index contributed by atoms with van der Waals surface area (Å²) >= 11 is 5.04. The molecule has 0 aliphatic rings. The molecule has 0 bridgehead atoms. The van der Waals surface area contributed by atoms with Crippen LogP contribution in [0, 0.1) is 5.92 Å². The molecule has 1 rings (SSSR count). The lowest BCUT2D eigenvalue weighted by Crippen LogP contribution is -2.36. The Morgan fingerprint density at radius 2 is 2.05 bits per heavy atom. The Morgan fingerprint density at radius 1 is 1.40 bits per heavy atom. The summed E-state index contributed by atoms with van der Waals surface area (Å²) in [6.07, 6.45) is 0. The van der Waals surface area contributed by atoms with Crippen LogP contribution in [-0.4, -0.2) is 35.9 Å². The van der Waals surface area contributed by atoms with Crippen molar-refractivity contribution in [1.29, 1.82) is 0 Å². The minimum atomic E-state index is 0.0361. The van der Waals surface area contributed by atoms with Gasteiger partial charge in [0.05, 0.1) is 6.54 Å². The second kappa shape index (κ2) is 7.97. The first kappa shape index (κ1) is 16.6. The smallest absolute Gasteiger partial charge is 0.234 e. The third kappa shape index (κ3) is 5.67. The van der Waals surface area contributed by atoms with Crippen LogP contribution in [0.1, 0.15) is 25.0 Å². The minimum Gasteiger partial charge on any atom is -0.389 e. The monoisotopic (exact) mass is 293 g/mol. The minimum absolute atomic E-state index is 0.0361. The zero-order chi connectivity index (χ0) is 15.1. The third-order valence-corrected chi connectivity index (χ3v) is 3.06. The first-order valence-electron chi connectivity index (χ1n) is 6.73. The molecular weight excluding hydrogens is 270 g/mol. The van der Waals surface area contributed by atoms with E-state index in [1.807, 2.05) is 36.2 Å². The molecule has 0 unspecified atom stereocenters. The van der Waals surface area contributed by atoms with Crippen molar-refractivity contribution < 1.29 is 4.79 Å². The van der Waals surface area contributed by atoms with Gasteiger partial charge in [-0.15, -0.1) is 0 Å². The number of carbonyl (C=O) groups excluding carboxylic acids is 1. The topological polar surface area (TPSA) is 58.4 Å². The largest absolute Gasteiger partial charge is 0.389 e. The SMILES string of the molecule is CC(C)CNC(=O)CN(C)Cc1ccccc1C(N)=S. The number of nitrogens with two attached hydrogens (primary N) is 1. The van der Waals surface area contributed by atoms with Gasteiger partial charge in [-0.2, -0.15) is 0 Å². The maximum Gasteiger partial charge on any atom is 0.234 e.